The maximum absolute atomic E-state index is 12.3. The average molecular weight is 335 g/mol. The van der Waals surface area contributed by atoms with Gasteiger partial charge < -0.3 is 21.5 Å². The van der Waals surface area contributed by atoms with E-state index < -0.39 is 23.3 Å². The van der Waals surface area contributed by atoms with E-state index in [0.717, 1.165) is 0 Å². The molecule has 0 saturated heterocycles. The van der Waals surface area contributed by atoms with Gasteiger partial charge in [-0.1, -0.05) is 34.1 Å². The number of rotatable bonds is 6. The van der Waals surface area contributed by atoms with Gasteiger partial charge in [0.2, 0.25) is 5.91 Å². The topological polar surface area (TPSA) is 122 Å². The molecule has 1 aromatic rings. The highest BCUT2D eigenvalue weighted by atomic mass is 16.4. The van der Waals surface area contributed by atoms with E-state index in [-0.39, 0.29) is 11.5 Å². The van der Waals surface area contributed by atoms with Crippen LogP contribution in [0.3, 0.4) is 0 Å². The van der Waals surface area contributed by atoms with Gasteiger partial charge in [-0.15, -0.1) is 0 Å². The van der Waals surface area contributed by atoms with Gasteiger partial charge in [0.15, 0.2) is 0 Å². The van der Waals surface area contributed by atoms with Gasteiger partial charge in [0.05, 0.1) is 0 Å². The minimum atomic E-state index is -1.09. The third-order valence-corrected chi connectivity index (χ3v) is 3.34. The number of nitrogens with one attached hydrogen (secondary N) is 2. The fourth-order valence-corrected chi connectivity index (χ4v) is 1.96. The molecule has 1 aromatic carbocycles. The second-order valence-corrected chi connectivity index (χ2v) is 6.70. The van der Waals surface area contributed by atoms with E-state index in [4.69, 9.17) is 10.8 Å². The molecule has 1 unspecified atom stereocenters. The van der Waals surface area contributed by atoms with Crippen molar-refractivity contribution in [2.75, 3.05) is 11.1 Å². The molecule has 1 atom stereocenters. The van der Waals surface area contributed by atoms with Gasteiger partial charge in [0, 0.05) is 22.4 Å². The predicted octanol–water partition coefficient (Wildman–Crippen LogP) is 2.24. The number of carboxylic acids is 1. The lowest BCUT2D eigenvalue weighted by Gasteiger charge is -2.19. The first kappa shape index (κ1) is 19.5. The summed E-state index contributed by atoms with van der Waals surface area (Å²) >= 11 is 0. The van der Waals surface area contributed by atoms with Crippen molar-refractivity contribution < 1.29 is 19.5 Å². The van der Waals surface area contributed by atoms with Crippen LogP contribution in [0.5, 0.6) is 0 Å². The summed E-state index contributed by atoms with van der Waals surface area (Å²) in [6.45, 7) is 7.14. The average Bonchev–Trinajstić information content (AvgIpc) is 2.44. The third-order valence-electron chi connectivity index (χ3n) is 3.34. The number of amides is 2. The van der Waals surface area contributed by atoms with E-state index in [0.29, 0.717) is 24.2 Å². The van der Waals surface area contributed by atoms with Crippen LogP contribution >= 0.6 is 0 Å². The quantitative estimate of drug-likeness (QED) is 0.594. The summed E-state index contributed by atoms with van der Waals surface area (Å²) in [7, 11) is 0. The number of carbonyl (C=O) groups excluding carboxylic acids is 2. The molecule has 0 saturated carbocycles. The standard InChI is InChI=1S/C17H25N3O4/c1-5-6-13(15(22)23)20-14(21)10-7-11(18)9-12(8-10)19-16(24)17(2,3)4/h7-9,13H,5-6,18H2,1-4H3,(H,19,24)(H,20,21)(H,22,23). The number of hydrogen-bond acceptors (Lipinski definition) is 4. The molecule has 24 heavy (non-hydrogen) atoms. The summed E-state index contributed by atoms with van der Waals surface area (Å²) in [6.07, 6.45) is 0.956. The van der Waals surface area contributed by atoms with Crippen LogP contribution in [-0.2, 0) is 9.59 Å². The number of anilines is 2. The molecule has 0 bridgehead atoms. The second-order valence-electron chi connectivity index (χ2n) is 6.70. The maximum atomic E-state index is 12.3. The lowest BCUT2D eigenvalue weighted by Crippen LogP contribution is -2.40. The zero-order chi connectivity index (χ0) is 18.5. The van der Waals surface area contributed by atoms with Gasteiger partial charge in [-0.05, 0) is 24.6 Å². The number of carbonyl (C=O) groups is 3. The Hall–Kier alpha value is -2.57. The Kier molecular flexibility index (Phi) is 6.34. The number of carboxylic acid groups (broad SMARTS) is 1. The summed E-state index contributed by atoms with van der Waals surface area (Å²) in [6, 6.07) is 3.49. The molecule has 7 nitrogen and oxygen atoms in total. The Morgan fingerprint density at radius 1 is 1.21 bits per heavy atom. The molecule has 7 heteroatoms. The molecule has 132 valence electrons. The Balaban J connectivity index is 2.98. The number of aliphatic carboxylic acids is 1. The van der Waals surface area contributed by atoms with Crippen molar-refractivity contribution in [1.82, 2.24) is 5.32 Å². The Morgan fingerprint density at radius 3 is 2.33 bits per heavy atom. The third kappa shape index (κ3) is 5.57. The lowest BCUT2D eigenvalue weighted by atomic mass is 9.95. The van der Waals surface area contributed by atoms with Crippen molar-refractivity contribution in [3.05, 3.63) is 23.8 Å². The first-order valence-corrected chi connectivity index (χ1v) is 7.80. The highest BCUT2D eigenvalue weighted by Crippen LogP contribution is 2.21. The van der Waals surface area contributed by atoms with Crippen molar-refractivity contribution in [1.29, 1.82) is 0 Å². The van der Waals surface area contributed by atoms with E-state index in [1.165, 1.54) is 12.1 Å². The van der Waals surface area contributed by atoms with Crippen LogP contribution in [0.4, 0.5) is 11.4 Å². The number of benzene rings is 1. The molecule has 0 aliphatic heterocycles. The van der Waals surface area contributed by atoms with Crippen LogP contribution in [0.2, 0.25) is 0 Å². The van der Waals surface area contributed by atoms with Gasteiger partial charge in [0.25, 0.3) is 5.91 Å². The molecule has 0 radical (unpaired) electrons. The fourth-order valence-electron chi connectivity index (χ4n) is 1.96. The summed E-state index contributed by atoms with van der Waals surface area (Å²) in [5.74, 6) is -1.85. The van der Waals surface area contributed by atoms with Crippen LogP contribution in [-0.4, -0.2) is 28.9 Å². The van der Waals surface area contributed by atoms with Gasteiger partial charge in [-0.3, -0.25) is 9.59 Å². The molecular formula is C17H25N3O4. The molecule has 2 amide bonds. The SMILES string of the molecule is CCCC(NC(=O)c1cc(N)cc(NC(=O)C(C)(C)C)c1)C(=O)O. The molecule has 0 aliphatic carbocycles. The van der Waals surface area contributed by atoms with E-state index in [1.807, 2.05) is 6.92 Å². The highest BCUT2D eigenvalue weighted by Gasteiger charge is 2.23. The zero-order valence-electron chi connectivity index (χ0n) is 14.5. The van der Waals surface area contributed by atoms with Crippen LogP contribution < -0.4 is 16.4 Å². The van der Waals surface area contributed by atoms with Crippen LogP contribution in [0, 0.1) is 5.41 Å². The minimum Gasteiger partial charge on any atom is -0.480 e. The molecule has 5 N–H and O–H groups in total. The van der Waals surface area contributed by atoms with E-state index in [2.05, 4.69) is 10.6 Å². The van der Waals surface area contributed by atoms with E-state index in [1.54, 1.807) is 26.8 Å². The van der Waals surface area contributed by atoms with Crippen molar-refractivity contribution in [3.63, 3.8) is 0 Å². The van der Waals surface area contributed by atoms with Crippen LogP contribution in [0.25, 0.3) is 0 Å². The number of nitrogen functional groups attached to an aromatic ring is 1. The van der Waals surface area contributed by atoms with Crippen LogP contribution in [0.15, 0.2) is 18.2 Å². The molecule has 0 heterocycles. The summed E-state index contributed by atoms with van der Waals surface area (Å²) in [5, 5.41) is 14.3. The Labute approximate surface area is 141 Å². The molecule has 0 aliphatic rings. The summed E-state index contributed by atoms with van der Waals surface area (Å²) in [4.78, 5) is 35.5. The summed E-state index contributed by atoms with van der Waals surface area (Å²) < 4.78 is 0. The largest absolute Gasteiger partial charge is 0.480 e. The summed E-state index contributed by atoms with van der Waals surface area (Å²) in [5.41, 5.74) is 6.08. The lowest BCUT2D eigenvalue weighted by molar-refractivity contribution is -0.139. The van der Waals surface area contributed by atoms with E-state index >= 15 is 0 Å². The van der Waals surface area contributed by atoms with Gasteiger partial charge in [-0.2, -0.15) is 0 Å². The molecule has 1 rings (SSSR count). The van der Waals surface area contributed by atoms with Gasteiger partial charge >= 0.3 is 5.97 Å². The normalized spacial score (nSPS) is 12.3. The van der Waals surface area contributed by atoms with Gasteiger partial charge in [-0.25, -0.2) is 4.79 Å². The maximum Gasteiger partial charge on any atom is 0.326 e. The zero-order valence-corrected chi connectivity index (χ0v) is 14.5. The van der Waals surface area contributed by atoms with Gasteiger partial charge in [0.1, 0.15) is 6.04 Å². The minimum absolute atomic E-state index is 0.196. The highest BCUT2D eigenvalue weighted by molar-refractivity contribution is 6.00. The predicted molar refractivity (Wildman–Crippen MR) is 92.7 cm³/mol. The molecule has 0 fully saturated rings. The number of nitrogens with two attached hydrogens (primary N) is 1. The first-order chi connectivity index (χ1) is 11.0. The smallest absolute Gasteiger partial charge is 0.326 e. The van der Waals surface area contributed by atoms with Crippen molar-refractivity contribution >= 4 is 29.2 Å². The van der Waals surface area contributed by atoms with Crippen LogP contribution in [0.1, 0.15) is 50.9 Å². The Morgan fingerprint density at radius 2 is 1.83 bits per heavy atom. The van der Waals surface area contributed by atoms with Crippen molar-refractivity contribution in [2.45, 2.75) is 46.6 Å². The van der Waals surface area contributed by atoms with Crippen molar-refractivity contribution in [3.8, 4) is 0 Å². The number of hydrogen-bond donors (Lipinski definition) is 4. The van der Waals surface area contributed by atoms with E-state index in [9.17, 15) is 14.4 Å². The molecule has 0 aromatic heterocycles. The fraction of sp³-hybridized carbons (Fsp3) is 0.471. The first-order valence-electron chi connectivity index (χ1n) is 7.80. The second kappa shape index (κ2) is 7.81. The monoisotopic (exact) mass is 335 g/mol. The van der Waals surface area contributed by atoms with Crippen molar-refractivity contribution in [2.24, 2.45) is 5.41 Å². The molecular weight excluding hydrogens is 310 g/mol. The molecule has 0 spiro atoms. The Bertz CT molecular complexity index is 635.